The van der Waals surface area contributed by atoms with Gasteiger partial charge in [-0.2, -0.15) is 0 Å². The molecule has 1 saturated heterocycles. The molecule has 2 amide bonds. The van der Waals surface area contributed by atoms with Crippen molar-refractivity contribution >= 4 is 28.7 Å². The summed E-state index contributed by atoms with van der Waals surface area (Å²) in [7, 11) is 0. The molecule has 0 aliphatic carbocycles. The Kier molecular flexibility index (Phi) is 2.13. The van der Waals surface area contributed by atoms with Crippen LogP contribution in [-0.2, 0) is 9.59 Å². The largest absolute Gasteiger partial charge is 0.379 e. The van der Waals surface area contributed by atoms with Crippen LogP contribution in [0.5, 0.6) is 0 Å². The lowest BCUT2D eigenvalue weighted by Crippen LogP contribution is -2.24. The van der Waals surface area contributed by atoms with Gasteiger partial charge in [0.05, 0.1) is 0 Å². The van der Waals surface area contributed by atoms with Crippen molar-refractivity contribution < 1.29 is 9.59 Å². The monoisotopic (exact) mass is 173 g/mol. The average molecular weight is 173 g/mol. The number of amidine groups is 1. The number of rotatable bonds is 1. The molecule has 4 N–H and O–H groups in total. The lowest BCUT2D eigenvalue weighted by molar-refractivity contribution is -0.124. The first kappa shape index (κ1) is 8.06. The summed E-state index contributed by atoms with van der Waals surface area (Å²) in [6, 6.07) is 0. The maximum absolute atomic E-state index is 10.8. The molecule has 0 aromatic carbocycles. The summed E-state index contributed by atoms with van der Waals surface area (Å²) in [6.45, 7) is 0. The summed E-state index contributed by atoms with van der Waals surface area (Å²) in [5.41, 5.74) is 5.03. The Morgan fingerprint density at radius 2 is 2.36 bits per heavy atom. The van der Waals surface area contributed by atoms with E-state index in [-0.39, 0.29) is 23.4 Å². The predicted molar refractivity (Wildman–Crippen MR) is 41.1 cm³/mol. The van der Waals surface area contributed by atoms with Crippen molar-refractivity contribution in [2.45, 2.75) is 11.7 Å². The van der Waals surface area contributed by atoms with Gasteiger partial charge in [0.15, 0.2) is 5.17 Å². The standard InChI is InChI=1S/C5H7N3O2S/c6-5(7)11-2-1-3(9)8-4(2)10/h2H,1H2,(H3,6,7)(H,8,9,10). The number of hydrogen-bond donors (Lipinski definition) is 3. The molecule has 1 unspecified atom stereocenters. The van der Waals surface area contributed by atoms with Crippen LogP contribution in [0.15, 0.2) is 0 Å². The molecule has 0 spiro atoms. The van der Waals surface area contributed by atoms with Gasteiger partial charge in [0.1, 0.15) is 5.25 Å². The van der Waals surface area contributed by atoms with Crippen LogP contribution in [0.2, 0.25) is 0 Å². The van der Waals surface area contributed by atoms with Crippen LogP contribution >= 0.6 is 11.8 Å². The van der Waals surface area contributed by atoms with E-state index in [4.69, 9.17) is 11.1 Å². The maximum atomic E-state index is 10.8. The fraction of sp³-hybridized carbons (Fsp3) is 0.400. The van der Waals surface area contributed by atoms with Crippen LogP contribution in [0.1, 0.15) is 6.42 Å². The second-order valence-electron chi connectivity index (χ2n) is 2.09. The molecule has 60 valence electrons. The highest BCUT2D eigenvalue weighted by molar-refractivity contribution is 8.14. The number of nitrogens with one attached hydrogen (secondary N) is 2. The Bertz CT molecular complexity index is 228. The van der Waals surface area contributed by atoms with Gasteiger partial charge < -0.3 is 5.73 Å². The maximum Gasteiger partial charge on any atom is 0.240 e. The molecule has 1 rings (SSSR count). The van der Waals surface area contributed by atoms with Crippen LogP contribution in [0, 0.1) is 5.41 Å². The van der Waals surface area contributed by atoms with Gasteiger partial charge in [-0.3, -0.25) is 20.3 Å². The molecule has 6 heteroatoms. The third kappa shape index (κ3) is 1.94. The van der Waals surface area contributed by atoms with Gasteiger partial charge in [0, 0.05) is 6.42 Å². The minimum Gasteiger partial charge on any atom is -0.379 e. The molecule has 1 heterocycles. The van der Waals surface area contributed by atoms with E-state index in [1.807, 2.05) is 0 Å². The summed E-state index contributed by atoms with van der Waals surface area (Å²) in [5, 5.41) is 8.35. The topological polar surface area (TPSA) is 96.0 Å². The number of hydrogen-bond acceptors (Lipinski definition) is 4. The number of amides is 2. The van der Waals surface area contributed by atoms with Gasteiger partial charge in [0.25, 0.3) is 0 Å². The van der Waals surface area contributed by atoms with Gasteiger partial charge >= 0.3 is 0 Å². The van der Waals surface area contributed by atoms with Crippen molar-refractivity contribution in [3.63, 3.8) is 0 Å². The van der Waals surface area contributed by atoms with E-state index in [2.05, 4.69) is 5.32 Å². The Labute approximate surface area is 67.2 Å². The molecular formula is C5H7N3O2S. The van der Waals surface area contributed by atoms with Gasteiger partial charge in [-0.05, 0) is 0 Å². The first-order chi connectivity index (χ1) is 5.09. The number of thioether (sulfide) groups is 1. The molecule has 0 bridgehead atoms. The van der Waals surface area contributed by atoms with Crippen molar-refractivity contribution in [2.75, 3.05) is 0 Å². The van der Waals surface area contributed by atoms with Crippen molar-refractivity contribution in [1.82, 2.24) is 5.32 Å². The third-order valence-corrected chi connectivity index (χ3v) is 2.11. The Morgan fingerprint density at radius 1 is 1.73 bits per heavy atom. The fourth-order valence-corrected chi connectivity index (χ4v) is 1.49. The number of carbonyl (C=O) groups is 2. The Morgan fingerprint density at radius 3 is 2.73 bits per heavy atom. The molecule has 0 aromatic heterocycles. The van der Waals surface area contributed by atoms with E-state index in [0.717, 1.165) is 11.8 Å². The van der Waals surface area contributed by atoms with Crippen LogP contribution < -0.4 is 11.1 Å². The Hall–Kier alpha value is -1.04. The molecule has 0 saturated carbocycles. The van der Waals surface area contributed by atoms with E-state index in [1.165, 1.54) is 0 Å². The Balaban J connectivity index is 2.53. The van der Waals surface area contributed by atoms with Crippen LogP contribution in [0.4, 0.5) is 0 Å². The predicted octanol–water partition coefficient (Wildman–Crippen LogP) is -0.972. The second-order valence-corrected chi connectivity index (χ2v) is 3.33. The highest BCUT2D eigenvalue weighted by Crippen LogP contribution is 2.18. The summed E-state index contributed by atoms with van der Waals surface area (Å²) >= 11 is 0.902. The number of imide groups is 1. The second kappa shape index (κ2) is 2.91. The lowest BCUT2D eigenvalue weighted by Gasteiger charge is -2.00. The molecule has 0 aromatic rings. The van der Waals surface area contributed by atoms with E-state index in [0.29, 0.717) is 0 Å². The molecule has 1 aliphatic heterocycles. The van der Waals surface area contributed by atoms with Crippen molar-refractivity contribution in [2.24, 2.45) is 5.73 Å². The zero-order chi connectivity index (χ0) is 8.43. The van der Waals surface area contributed by atoms with Crippen molar-refractivity contribution in [3.8, 4) is 0 Å². The zero-order valence-electron chi connectivity index (χ0n) is 5.59. The highest BCUT2D eigenvalue weighted by Gasteiger charge is 2.31. The highest BCUT2D eigenvalue weighted by atomic mass is 32.2. The first-order valence-electron chi connectivity index (χ1n) is 2.94. The lowest BCUT2D eigenvalue weighted by atomic mass is 10.4. The molecule has 11 heavy (non-hydrogen) atoms. The smallest absolute Gasteiger partial charge is 0.240 e. The fourth-order valence-electron chi connectivity index (χ4n) is 0.778. The summed E-state index contributed by atoms with van der Waals surface area (Å²) < 4.78 is 0. The molecule has 5 nitrogen and oxygen atoms in total. The minimum absolute atomic E-state index is 0.128. The number of carbonyl (C=O) groups excluding carboxylic acids is 2. The van der Waals surface area contributed by atoms with Gasteiger partial charge in [-0.1, -0.05) is 11.8 Å². The van der Waals surface area contributed by atoms with Gasteiger partial charge in [-0.25, -0.2) is 0 Å². The van der Waals surface area contributed by atoms with Gasteiger partial charge in [-0.15, -0.1) is 0 Å². The van der Waals surface area contributed by atoms with Crippen molar-refractivity contribution in [3.05, 3.63) is 0 Å². The first-order valence-corrected chi connectivity index (χ1v) is 3.82. The number of nitrogens with two attached hydrogens (primary N) is 1. The van der Waals surface area contributed by atoms with Crippen LogP contribution in [-0.4, -0.2) is 22.2 Å². The minimum atomic E-state index is -0.500. The molecule has 1 fully saturated rings. The van der Waals surface area contributed by atoms with Crippen molar-refractivity contribution in [1.29, 1.82) is 5.41 Å². The van der Waals surface area contributed by atoms with Gasteiger partial charge in [0.2, 0.25) is 11.8 Å². The average Bonchev–Trinajstić information content (AvgIpc) is 2.09. The van der Waals surface area contributed by atoms with E-state index in [1.54, 1.807) is 0 Å². The normalized spacial score (nSPS) is 23.5. The SMILES string of the molecule is N=C(N)SC1CC(=O)NC1=O. The molecular weight excluding hydrogens is 166 g/mol. The molecule has 0 radical (unpaired) electrons. The molecule has 1 aliphatic rings. The van der Waals surface area contributed by atoms with E-state index >= 15 is 0 Å². The van der Waals surface area contributed by atoms with Crippen LogP contribution in [0.3, 0.4) is 0 Å². The third-order valence-electron chi connectivity index (χ3n) is 1.20. The van der Waals surface area contributed by atoms with E-state index in [9.17, 15) is 9.59 Å². The van der Waals surface area contributed by atoms with E-state index < -0.39 is 5.25 Å². The summed E-state index contributed by atoms with van der Waals surface area (Å²) in [6.07, 6.45) is 0.128. The quantitative estimate of drug-likeness (QED) is 0.270. The van der Waals surface area contributed by atoms with Crippen LogP contribution in [0.25, 0.3) is 0 Å². The molecule has 1 atom stereocenters. The summed E-state index contributed by atoms with van der Waals surface area (Å²) in [5.74, 6) is -0.649. The zero-order valence-corrected chi connectivity index (χ0v) is 6.40. The summed E-state index contributed by atoms with van der Waals surface area (Å²) in [4.78, 5) is 21.4.